The summed E-state index contributed by atoms with van der Waals surface area (Å²) in [5, 5.41) is 19.3. The maximum Gasteiger partial charge on any atom is 0.267 e. The maximum atomic E-state index is 13.2. The predicted molar refractivity (Wildman–Crippen MR) is 520 cm³/mol. The normalized spacial score (nSPS) is 13.8. The Labute approximate surface area is 755 Å². The number of benzene rings is 10. The summed E-state index contributed by atoms with van der Waals surface area (Å²) in [5.41, 5.74) is 71.0. The number of hydrogen-bond donors (Lipinski definition) is 19. The second-order valence-corrected chi connectivity index (χ2v) is 33.4. The molecule has 1 aliphatic rings. The van der Waals surface area contributed by atoms with Crippen LogP contribution in [-0.2, 0) is 0 Å². The highest BCUT2D eigenvalue weighted by molar-refractivity contribution is 6.05. The average Bonchev–Trinajstić information content (AvgIpc) is 1.65. The zero-order chi connectivity index (χ0) is 92.2. The molecular weight excluding hydrogens is 1640 g/mol. The first-order valence-electron chi connectivity index (χ1n) is 44.4. The lowest BCUT2D eigenvalue weighted by molar-refractivity contribution is 0.0936. The van der Waals surface area contributed by atoms with Crippen molar-refractivity contribution in [3.8, 4) is 55.6 Å². The number of nitrogens with two attached hydrogens (primary N) is 9. The molecule has 0 radical (unpaired) electrons. The Hall–Kier alpha value is -13.3. The van der Waals surface area contributed by atoms with Gasteiger partial charge in [0.25, 0.3) is 29.5 Å². The minimum atomic E-state index is -0.279. The van der Waals surface area contributed by atoms with Crippen molar-refractivity contribution in [2.45, 2.75) is 102 Å². The number of amides is 5. The molecule has 1 aliphatic carbocycles. The second kappa shape index (κ2) is 47.1. The predicted octanol–water partition coefficient (Wildman–Crippen LogP) is 15.1. The molecule has 130 heavy (non-hydrogen) atoms. The number of H-pyrrole nitrogens is 5. The number of aryl methyl sites for hydroxylation is 2. The number of halogens is 3. The SMILES string of the molecule is Cc1ccc(-c2ccc3cc(C(=O)NC[C@H](N)CCCN)[nH]c3c2)cc1.Cc1ccc(-c2ccc3cc(C(=O)NC[C@H]4CC[C@@H](CN)C4)[nH]c3c2)cc1.NCCC[C@H](N)CNC(=O)c1cc2c(-c3ccc(F)cc3)cccc2[nH]1.NCCC[C@H](N)CNC(=O)c1cc2cccc(-c3ccc(F)cc3)c2[nH]1.NCC[C@H](N)CNC(=O)c1cc2ccc(-c3ccc(F)cc3)cc2[nH]1. The van der Waals surface area contributed by atoms with Gasteiger partial charge in [-0.05, 0) is 264 Å². The zero-order valence-corrected chi connectivity index (χ0v) is 73.6. The van der Waals surface area contributed by atoms with Gasteiger partial charge >= 0.3 is 0 Å². The molecule has 16 rings (SSSR count). The number of hydrogen-bond acceptors (Lipinski definition) is 14. The molecule has 1 saturated carbocycles. The van der Waals surface area contributed by atoms with Crippen molar-refractivity contribution in [1.82, 2.24) is 51.5 Å². The maximum absolute atomic E-state index is 13.2. The van der Waals surface area contributed by atoms with Gasteiger partial charge in [0.2, 0.25) is 0 Å². The van der Waals surface area contributed by atoms with Gasteiger partial charge in [-0.3, -0.25) is 24.0 Å². The van der Waals surface area contributed by atoms with Crippen LogP contribution < -0.4 is 78.2 Å². The lowest BCUT2D eigenvalue weighted by Crippen LogP contribution is -2.38. The molecule has 28 N–H and O–H groups in total. The monoisotopic (exact) mass is 1760 g/mol. The number of fused-ring (bicyclic) bond motifs is 5. The van der Waals surface area contributed by atoms with Crippen molar-refractivity contribution in [1.29, 1.82) is 0 Å². The molecule has 5 amide bonds. The summed E-state index contributed by atoms with van der Waals surface area (Å²) >= 11 is 0. The molecule has 0 bridgehead atoms. The Morgan fingerprint density at radius 1 is 0.331 bits per heavy atom. The van der Waals surface area contributed by atoms with E-state index in [9.17, 15) is 37.1 Å². The van der Waals surface area contributed by atoms with Gasteiger partial charge in [0, 0.05) is 111 Å². The molecule has 10 aromatic carbocycles. The average molecular weight is 1760 g/mol. The summed E-state index contributed by atoms with van der Waals surface area (Å²) < 4.78 is 39.4. The highest BCUT2D eigenvalue weighted by Gasteiger charge is 2.25. The number of nitrogens with one attached hydrogen (secondary N) is 10. The van der Waals surface area contributed by atoms with Crippen molar-refractivity contribution in [2.75, 3.05) is 65.4 Å². The zero-order valence-electron chi connectivity index (χ0n) is 73.6. The molecule has 6 atom stereocenters. The summed E-state index contributed by atoms with van der Waals surface area (Å²) in [6.45, 7) is 9.59. The minimum absolute atomic E-state index is 0.0284. The fourth-order valence-electron chi connectivity index (χ4n) is 15.7. The molecule has 0 spiro atoms. The van der Waals surface area contributed by atoms with E-state index >= 15 is 0 Å². The molecule has 0 aliphatic heterocycles. The topological polar surface area (TPSA) is 459 Å². The van der Waals surface area contributed by atoms with E-state index in [1.54, 1.807) is 42.5 Å². The summed E-state index contributed by atoms with van der Waals surface area (Å²) in [6.07, 6.45) is 9.04. The number of carbonyl (C=O) groups is 5. The van der Waals surface area contributed by atoms with Crippen LogP contribution in [-0.4, -0.2) is 144 Å². The lowest BCUT2D eigenvalue weighted by atomic mass is 10.0. The third-order valence-electron chi connectivity index (χ3n) is 23.2. The van der Waals surface area contributed by atoms with E-state index < -0.39 is 0 Å². The van der Waals surface area contributed by atoms with Gasteiger partial charge in [-0.1, -0.05) is 163 Å². The molecule has 0 saturated heterocycles. The van der Waals surface area contributed by atoms with Crippen molar-refractivity contribution in [3.05, 3.63) is 300 Å². The third-order valence-corrected chi connectivity index (χ3v) is 23.2. The Balaban J connectivity index is 0.000000147. The largest absolute Gasteiger partial charge is 0.351 e. The number of carbonyl (C=O) groups excluding carboxylic acids is 5. The van der Waals surface area contributed by atoms with Crippen LogP contribution in [0, 0.1) is 43.1 Å². The van der Waals surface area contributed by atoms with Crippen LogP contribution >= 0.6 is 0 Å². The van der Waals surface area contributed by atoms with Crippen molar-refractivity contribution >= 4 is 84.1 Å². The molecular formula is C103H120F3N19O5. The van der Waals surface area contributed by atoms with E-state index in [0.29, 0.717) is 99.1 Å². The van der Waals surface area contributed by atoms with E-state index in [2.05, 4.69) is 144 Å². The van der Waals surface area contributed by atoms with Crippen LogP contribution in [0.1, 0.15) is 128 Å². The molecule has 27 heteroatoms. The minimum Gasteiger partial charge on any atom is -0.351 e. The van der Waals surface area contributed by atoms with E-state index in [4.69, 9.17) is 51.6 Å². The smallest absolute Gasteiger partial charge is 0.267 e. The van der Waals surface area contributed by atoms with Gasteiger partial charge in [0.15, 0.2) is 0 Å². The standard InChI is InChI=1S/C23H27N3O.C21H26N4O.2C20H23FN4O.C19H21FN4O/c1-15-2-6-18(7-3-15)19-8-9-20-12-22(26-21(20)11-19)23(27)25-14-17-5-4-16(10-17)13-24;1-14-4-6-15(7-5-14)16-8-9-17-12-20(25-19(17)11-16)21(26)24-13-18(23)3-2-10-22;21-14-8-6-13(7-9-14)16-4-1-5-18-17(16)11-19(25-18)20(26)24-12-15(23)3-2-10-22;21-15-8-6-13(7-9-15)17-5-1-3-14-11-18(25-19(14)17)20(26)24-12-16(23)4-2-10-22;20-15-5-3-12(4-6-15)13-1-2-14-10-18(24-17(14)9-13)19(25)23-11-16(22)7-8-21/h2-3,6-9,11-12,16-17,26H,4-5,10,13-14,24H2,1H3,(H,25,27);4-9,11-12,18,25H,2-3,10,13,22-23H2,1H3,(H,24,26);1,4-9,11,15,25H,2-3,10,12,22-23H2,(H,24,26);1,3,5-9,11,16,25H,2,4,10,12,22-23H2,(H,24,26);1-6,9-10,16,24H,7-8,11,21-22H2,(H,23,25)/t16-,17+;18-;15-;2*16-/m11000/s1. The highest BCUT2D eigenvalue weighted by atomic mass is 19.1. The molecule has 678 valence electrons. The van der Waals surface area contributed by atoms with E-state index in [-0.39, 0.29) is 71.2 Å². The quantitative estimate of drug-likeness (QED) is 0.0186. The van der Waals surface area contributed by atoms with Gasteiger partial charge in [0.05, 0.1) is 5.52 Å². The number of rotatable bonds is 32. The van der Waals surface area contributed by atoms with Crippen LogP contribution in [0.15, 0.2) is 243 Å². The molecule has 5 aromatic heterocycles. The van der Waals surface area contributed by atoms with Crippen molar-refractivity contribution in [3.63, 3.8) is 0 Å². The first kappa shape index (κ1) is 95.8. The Morgan fingerprint density at radius 3 is 1.06 bits per heavy atom. The molecule has 15 aromatic rings. The fourth-order valence-corrected chi connectivity index (χ4v) is 15.7. The molecule has 0 unspecified atom stereocenters. The molecule has 5 heterocycles. The van der Waals surface area contributed by atoms with Gasteiger partial charge < -0.3 is 103 Å². The van der Waals surface area contributed by atoms with Crippen LogP contribution in [0.2, 0.25) is 0 Å². The van der Waals surface area contributed by atoms with Gasteiger partial charge in [0.1, 0.15) is 45.9 Å². The van der Waals surface area contributed by atoms with Gasteiger partial charge in [-0.25, -0.2) is 13.2 Å². The van der Waals surface area contributed by atoms with E-state index in [0.717, 1.165) is 169 Å². The second-order valence-electron chi connectivity index (χ2n) is 33.4. The number of para-hydroxylation sites is 1. The summed E-state index contributed by atoms with van der Waals surface area (Å²) in [5.74, 6) is -0.410. The van der Waals surface area contributed by atoms with Crippen LogP contribution in [0.5, 0.6) is 0 Å². The summed E-state index contributed by atoms with van der Waals surface area (Å²) in [7, 11) is 0. The van der Waals surface area contributed by atoms with Crippen LogP contribution in [0.25, 0.3) is 110 Å². The van der Waals surface area contributed by atoms with Crippen molar-refractivity contribution in [2.24, 2.45) is 63.4 Å². The Morgan fingerprint density at radius 2 is 0.662 bits per heavy atom. The number of aromatic amines is 5. The van der Waals surface area contributed by atoms with Crippen molar-refractivity contribution < 1.29 is 37.1 Å². The lowest BCUT2D eigenvalue weighted by Gasteiger charge is -2.11. The Bertz CT molecular complexity index is 6080. The Kier molecular flexibility index (Phi) is 34.7. The number of aromatic nitrogens is 5. The molecule has 24 nitrogen and oxygen atoms in total. The van der Waals surface area contributed by atoms with Crippen LogP contribution in [0.3, 0.4) is 0 Å². The fraction of sp³-hybridized carbons (Fsp3) is 0.272. The first-order chi connectivity index (χ1) is 62.9. The third kappa shape index (κ3) is 26.9. The van der Waals surface area contributed by atoms with E-state index in [1.165, 1.54) is 59.5 Å². The summed E-state index contributed by atoms with van der Waals surface area (Å²) in [6, 6.07) is 74.5. The van der Waals surface area contributed by atoms with E-state index in [1.807, 2.05) is 84.9 Å². The van der Waals surface area contributed by atoms with Gasteiger partial charge in [-0.15, -0.1) is 0 Å². The van der Waals surface area contributed by atoms with Crippen LogP contribution in [0.4, 0.5) is 13.2 Å². The van der Waals surface area contributed by atoms with Gasteiger partial charge in [-0.2, -0.15) is 0 Å². The first-order valence-corrected chi connectivity index (χ1v) is 44.4. The highest BCUT2D eigenvalue weighted by Crippen LogP contribution is 2.35. The molecule has 1 fully saturated rings. The summed E-state index contributed by atoms with van der Waals surface area (Å²) in [4.78, 5) is 77.9.